The first kappa shape index (κ1) is 24.9. The third-order valence-corrected chi connectivity index (χ3v) is 6.49. The number of ether oxygens (including phenoxy) is 4. The molecular weight excluding hydrogens is 512 g/mol. The zero-order valence-corrected chi connectivity index (χ0v) is 21.8. The highest BCUT2D eigenvalue weighted by atomic mass is 79.9. The van der Waals surface area contributed by atoms with Gasteiger partial charge in [0, 0.05) is 10.2 Å². The lowest BCUT2D eigenvalue weighted by atomic mass is 9.91. The molecule has 7 nitrogen and oxygen atoms in total. The lowest BCUT2D eigenvalue weighted by Crippen LogP contribution is -2.44. The lowest BCUT2D eigenvalue weighted by molar-refractivity contribution is -0.145. The quantitative estimate of drug-likeness (QED) is 0.375. The summed E-state index contributed by atoms with van der Waals surface area (Å²) >= 11 is 3.61. The van der Waals surface area contributed by atoms with E-state index in [9.17, 15) is 4.79 Å². The van der Waals surface area contributed by atoms with Gasteiger partial charge in [-0.3, -0.25) is 9.69 Å². The minimum Gasteiger partial charge on any atom is -0.493 e. The molecule has 35 heavy (non-hydrogen) atoms. The number of hydrogen-bond donors (Lipinski definition) is 1. The highest BCUT2D eigenvalue weighted by Crippen LogP contribution is 2.47. The van der Waals surface area contributed by atoms with Crippen LogP contribution in [0.5, 0.6) is 17.2 Å². The molecule has 0 bridgehead atoms. The van der Waals surface area contributed by atoms with Crippen LogP contribution in [0.3, 0.4) is 0 Å². The molecule has 0 aromatic heterocycles. The average molecular weight is 541 g/mol. The summed E-state index contributed by atoms with van der Waals surface area (Å²) in [6.45, 7) is 2.20. The average Bonchev–Trinajstić information content (AvgIpc) is 2.88. The van der Waals surface area contributed by atoms with Crippen molar-refractivity contribution in [3.63, 3.8) is 0 Å². The number of nitrogens with one attached hydrogen (secondary N) is 1. The van der Waals surface area contributed by atoms with Crippen molar-refractivity contribution < 1.29 is 23.7 Å². The van der Waals surface area contributed by atoms with E-state index >= 15 is 0 Å². The zero-order valence-electron chi connectivity index (χ0n) is 20.2. The van der Waals surface area contributed by atoms with Crippen molar-refractivity contribution >= 4 is 27.6 Å². The molecule has 0 amide bonds. The minimum absolute atomic E-state index is 0.0771. The maximum Gasteiger partial charge on any atom is 0.320 e. The second-order valence-corrected chi connectivity index (χ2v) is 8.94. The normalized spacial score (nSPS) is 17.2. The van der Waals surface area contributed by atoms with Gasteiger partial charge in [-0.1, -0.05) is 46.3 Å². The molecule has 3 aromatic carbocycles. The van der Waals surface area contributed by atoms with Gasteiger partial charge in [0.25, 0.3) is 0 Å². The van der Waals surface area contributed by atoms with Gasteiger partial charge in [0.2, 0.25) is 5.75 Å². The molecule has 1 N–H and O–H groups in total. The van der Waals surface area contributed by atoms with E-state index in [-0.39, 0.29) is 24.7 Å². The van der Waals surface area contributed by atoms with Crippen LogP contribution in [0.25, 0.3) is 0 Å². The van der Waals surface area contributed by atoms with Crippen LogP contribution in [0.2, 0.25) is 0 Å². The van der Waals surface area contributed by atoms with E-state index in [1.54, 1.807) is 21.3 Å². The number of carbonyl (C=O) groups excluding carboxylic acids is 1. The van der Waals surface area contributed by atoms with Crippen LogP contribution in [0, 0.1) is 0 Å². The SMILES string of the molecule is CCOC(=O)CN1[C@H](c2ccccc2)c2cc(Br)ccc2N[C@@H]1c1cc(OC)c(OC)c(OC)c1. The summed E-state index contributed by atoms with van der Waals surface area (Å²) < 4.78 is 23.1. The van der Waals surface area contributed by atoms with E-state index in [0.717, 1.165) is 26.9 Å². The van der Waals surface area contributed by atoms with Crippen molar-refractivity contribution in [3.8, 4) is 17.2 Å². The second kappa shape index (κ2) is 11.0. The molecule has 0 unspecified atom stereocenters. The number of methoxy groups -OCH3 is 3. The Morgan fingerprint density at radius 1 is 0.943 bits per heavy atom. The highest BCUT2D eigenvalue weighted by Gasteiger charge is 2.38. The van der Waals surface area contributed by atoms with Crippen molar-refractivity contribution in [1.29, 1.82) is 0 Å². The van der Waals surface area contributed by atoms with Crippen LogP contribution < -0.4 is 19.5 Å². The van der Waals surface area contributed by atoms with Crippen LogP contribution in [0.1, 0.15) is 35.8 Å². The van der Waals surface area contributed by atoms with Gasteiger partial charge in [0.05, 0.1) is 40.5 Å². The fourth-order valence-corrected chi connectivity index (χ4v) is 4.91. The predicted molar refractivity (Wildman–Crippen MR) is 138 cm³/mol. The molecule has 1 heterocycles. The van der Waals surface area contributed by atoms with Gasteiger partial charge >= 0.3 is 5.97 Å². The van der Waals surface area contributed by atoms with Gasteiger partial charge in [-0.05, 0) is 53.9 Å². The molecule has 0 saturated carbocycles. The van der Waals surface area contributed by atoms with Crippen molar-refractivity contribution in [3.05, 3.63) is 81.8 Å². The predicted octanol–water partition coefficient (Wildman–Crippen LogP) is 5.55. The van der Waals surface area contributed by atoms with Gasteiger partial charge in [0.1, 0.15) is 6.17 Å². The highest BCUT2D eigenvalue weighted by molar-refractivity contribution is 9.10. The minimum atomic E-state index is -0.382. The summed E-state index contributed by atoms with van der Waals surface area (Å²) in [5.74, 6) is 1.29. The Morgan fingerprint density at radius 2 is 1.63 bits per heavy atom. The molecule has 0 saturated heterocycles. The van der Waals surface area contributed by atoms with Crippen molar-refractivity contribution in [1.82, 2.24) is 4.90 Å². The van der Waals surface area contributed by atoms with E-state index in [1.165, 1.54) is 0 Å². The first-order valence-corrected chi connectivity index (χ1v) is 12.1. The van der Waals surface area contributed by atoms with Crippen LogP contribution >= 0.6 is 15.9 Å². The third kappa shape index (κ3) is 5.09. The Morgan fingerprint density at radius 3 is 2.23 bits per heavy atom. The molecule has 0 fully saturated rings. The van der Waals surface area contributed by atoms with Crippen LogP contribution in [0.4, 0.5) is 5.69 Å². The molecule has 1 aliphatic rings. The van der Waals surface area contributed by atoms with E-state index in [2.05, 4.69) is 44.3 Å². The summed E-state index contributed by atoms with van der Waals surface area (Å²) in [4.78, 5) is 14.9. The standard InChI is InChI=1S/C27H29BrN2O5/c1-5-35-24(31)16-30-25(17-9-7-6-8-10-17)20-15-19(28)11-12-21(20)29-27(30)18-13-22(32-2)26(34-4)23(14-18)33-3/h6-15,25,27,29H,5,16H2,1-4H3/t25-,27+/m1/s1. The molecule has 8 heteroatoms. The Kier molecular flexibility index (Phi) is 7.83. The number of nitrogens with zero attached hydrogens (tertiary/aromatic N) is 1. The lowest BCUT2D eigenvalue weighted by Gasteiger charge is -2.44. The number of fused-ring (bicyclic) bond motifs is 1. The fraction of sp³-hybridized carbons (Fsp3) is 0.296. The Balaban J connectivity index is 1.92. The Hall–Kier alpha value is -3.23. The molecule has 0 spiro atoms. The molecule has 4 rings (SSSR count). The third-order valence-electron chi connectivity index (χ3n) is 6.00. The van der Waals surface area contributed by atoms with Crippen molar-refractivity contribution in [2.45, 2.75) is 19.1 Å². The topological polar surface area (TPSA) is 69.3 Å². The number of rotatable bonds is 8. The molecule has 184 valence electrons. The molecule has 3 aromatic rings. The Bertz CT molecular complexity index is 1160. The van der Waals surface area contributed by atoms with E-state index in [1.807, 2.05) is 49.4 Å². The van der Waals surface area contributed by atoms with Gasteiger partial charge < -0.3 is 24.3 Å². The van der Waals surface area contributed by atoms with Gasteiger partial charge in [0.15, 0.2) is 11.5 Å². The van der Waals surface area contributed by atoms with Gasteiger partial charge in [-0.2, -0.15) is 0 Å². The number of anilines is 1. The van der Waals surface area contributed by atoms with Gasteiger partial charge in [-0.25, -0.2) is 0 Å². The van der Waals surface area contributed by atoms with Crippen LogP contribution in [-0.2, 0) is 9.53 Å². The summed E-state index contributed by atoms with van der Waals surface area (Å²) in [7, 11) is 4.75. The van der Waals surface area contributed by atoms with Gasteiger partial charge in [-0.15, -0.1) is 0 Å². The summed E-state index contributed by atoms with van der Waals surface area (Å²) in [6.07, 6.45) is -0.382. The second-order valence-electron chi connectivity index (χ2n) is 8.03. The summed E-state index contributed by atoms with van der Waals surface area (Å²) in [5, 5.41) is 3.62. The van der Waals surface area contributed by atoms with E-state index in [4.69, 9.17) is 18.9 Å². The first-order chi connectivity index (χ1) is 17.0. The number of benzene rings is 3. The maximum absolute atomic E-state index is 12.8. The maximum atomic E-state index is 12.8. The number of hydrogen-bond acceptors (Lipinski definition) is 7. The molecular formula is C27H29BrN2O5. The summed E-state index contributed by atoms with van der Waals surface area (Å²) in [6, 6.07) is 19.9. The van der Waals surface area contributed by atoms with Crippen LogP contribution in [-0.4, -0.2) is 45.4 Å². The van der Waals surface area contributed by atoms with Crippen molar-refractivity contribution in [2.24, 2.45) is 0 Å². The van der Waals surface area contributed by atoms with E-state index < -0.39 is 0 Å². The Labute approximate surface area is 214 Å². The van der Waals surface area contributed by atoms with Crippen molar-refractivity contribution in [2.75, 3.05) is 39.8 Å². The molecule has 0 aliphatic carbocycles. The largest absolute Gasteiger partial charge is 0.493 e. The molecule has 2 atom stereocenters. The van der Waals surface area contributed by atoms with Crippen LogP contribution in [0.15, 0.2) is 65.1 Å². The van der Waals surface area contributed by atoms with E-state index in [0.29, 0.717) is 23.9 Å². The fourth-order valence-electron chi connectivity index (χ4n) is 4.53. The first-order valence-electron chi connectivity index (χ1n) is 11.3. The summed E-state index contributed by atoms with van der Waals surface area (Å²) in [5.41, 5.74) is 3.95. The zero-order chi connectivity index (χ0) is 24.9. The monoisotopic (exact) mass is 540 g/mol. The number of carbonyl (C=O) groups is 1. The smallest absolute Gasteiger partial charge is 0.320 e. The number of esters is 1. The molecule has 0 radical (unpaired) electrons. The molecule has 1 aliphatic heterocycles. The number of halogens is 1.